The summed E-state index contributed by atoms with van der Waals surface area (Å²) in [4.78, 5) is 24.9. The molecule has 1 aliphatic carbocycles. The van der Waals surface area contributed by atoms with Crippen molar-refractivity contribution in [1.29, 1.82) is 0 Å². The molecule has 9 heteroatoms. The summed E-state index contributed by atoms with van der Waals surface area (Å²) < 4.78 is 70.0. The summed E-state index contributed by atoms with van der Waals surface area (Å²) in [5.41, 5.74) is -2.09. The van der Waals surface area contributed by atoms with E-state index >= 15 is 0 Å². The van der Waals surface area contributed by atoms with Gasteiger partial charge in [-0.25, -0.2) is 13.6 Å². The van der Waals surface area contributed by atoms with Crippen LogP contribution in [-0.4, -0.2) is 21.4 Å². The maximum atomic E-state index is 14.4. The highest BCUT2D eigenvalue weighted by Crippen LogP contribution is 2.40. The number of carboxylic acids is 1. The summed E-state index contributed by atoms with van der Waals surface area (Å²) in [7, 11) is 0. The lowest BCUT2D eigenvalue weighted by Crippen LogP contribution is -2.14. The zero-order chi connectivity index (χ0) is 24.1. The van der Waals surface area contributed by atoms with Crippen LogP contribution in [0.3, 0.4) is 0 Å². The number of alkyl halides is 3. The van der Waals surface area contributed by atoms with Gasteiger partial charge < -0.3 is 9.67 Å². The molecule has 0 saturated heterocycles. The highest BCUT2D eigenvalue weighted by Gasteiger charge is 2.35. The second-order valence-electron chi connectivity index (χ2n) is 7.67. The summed E-state index contributed by atoms with van der Waals surface area (Å²) in [6.07, 6.45) is -0.220. The number of fused-ring (bicyclic) bond motifs is 1. The predicted octanol–water partition coefficient (Wildman–Crippen LogP) is 5.91. The molecule has 0 saturated carbocycles. The Labute approximate surface area is 184 Å². The minimum atomic E-state index is -4.73. The number of halogens is 5. The molecule has 0 bridgehead atoms. The van der Waals surface area contributed by atoms with E-state index in [0.29, 0.717) is 0 Å². The molecule has 0 unspecified atom stereocenters. The van der Waals surface area contributed by atoms with Crippen molar-refractivity contribution < 1.29 is 36.6 Å². The van der Waals surface area contributed by atoms with Crippen molar-refractivity contribution >= 4 is 28.2 Å². The van der Waals surface area contributed by atoms with Crippen molar-refractivity contribution in [3.8, 4) is 0 Å². The zero-order valence-corrected chi connectivity index (χ0v) is 17.1. The molecular formula is C24H16F5NO3. The summed E-state index contributed by atoms with van der Waals surface area (Å²) in [5, 5.41) is 10.1. The standard InChI is InChI=1S/C24H16F5NO3/c1-12-8-16-19(10-17(12)24(27,28)29)30(11-13-9-14(25)6-7-18(13)26)22(23(32)33)21(16)15-4-2-3-5-20(15)31/h2-4,6-10H,5,11H2,1H3,(H,32,33). The molecule has 0 atom stereocenters. The molecule has 0 amide bonds. The van der Waals surface area contributed by atoms with Gasteiger partial charge in [-0.05, 0) is 42.8 Å². The third-order valence-corrected chi connectivity index (χ3v) is 5.53. The fourth-order valence-electron chi connectivity index (χ4n) is 4.07. The Morgan fingerprint density at radius 1 is 1.15 bits per heavy atom. The molecule has 33 heavy (non-hydrogen) atoms. The zero-order valence-electron chi connectivity index (χ0n) is 17.1. The summed E-state index contributed by atoms with van der Waals surface area (Å²) in [6.45, 7) is 0.673. The minimum absolute atomic E-state index is 0.00426. The van der Waals surface area contributed by atoms with Gasteiger partial charge in [0.15, 0.2) is 5.78 Å². The fraction of sp³-hybridized carbons (Fsp3) is 0.167. The van der Waals surface area contributed by atoms with Crippen LogP contribution in [0.25, 0.3) is 16.5 Å². The SMILES string of the molecule is Cc1cc2c(C3=CC=CCC3=O)c(C(=O)O)n(Cc3cc(F)ccc3F)c2cc1C(F)(F)F. The number of carbonyl (C=O) groups is 2. The number of rotatable bonds is 4. The van der Waals surface area contributed by atoms with Gasteiger partial charge in [-0.1, -0.05) is 18.2 Å². The molecule has 1 heterocycles. The summed E-state index contributed by atoms with van der Waals surface area (Å²) >= 11 is 0. The summed E-state index contributed by atoms with van der Waals surface area (Å²) in [5.74, 6) is -3.57. The van der Waals surface area contributed by atoms with Crippen molar-refractivity contribution in [2.75, 3.05) is 0 Å². The van der Waals surface area contributed by atoms with E-state index in [1.807, 2.05) is 0 Å². The topological polar surface area (TPSA) is 59.3 Å². The lowest BCUT2D eigenvalue weighted by molar-refractivity contribution is -0.138. The number of allylic oxidation sites excluding steroid dienone is 4. The maximum absolute atomic E-state index is 14.4. The average molecular weight is 461 g/mol. The van der Waals surface area contributed by atoms with Crippen molar-refractivity contribution in [3.05, 3.63) is 88.1 Å². The van der Waals surface area contributed by atoms with Gasteiger partial charge >= 0.3 is 12.1 Å². The van der Waals surface area contributed by atoms with Gasteiger partial charge in [0.05, 0.1) is 17.6 Å². The minimum Gasteiger partial charge on any atom is -0.477 e. The first-order valence-corrected chi connectivity index (χ1v) is 9.80. The van der Waals surface area contributed by atoms with Crippen molar-refractivity contribution in [2.45, 2.75) is 26.1 Å². The Morgan fingerprint density at radius 3 is 2.52 bits per heavy atom. The second-order valence-corrected chi connectivity index (χ2v) is 7.67. The first-order valence-electron chi connectivity index (χ1n) is 9.80. The molecule has 0 radical (unpaired) electrons. The van der Waals surface area contributed by atoms with E-state index in [2.05, 4.69) is 0 Å². The van der Waals surface area contributed by atoms with Crippen LogP contribution >= 0.6 is 0 Å². The normalized spacial score (nSPS) is 14.1. The molecule has 4 nitrogen and oxygen atoms in total. The number of aryl methyl sites for hydroxylation is 1. The average Bonchev–Trinajstić information content (AvgIpc) is 3.03. The maximum Gasteiger partial charge on any atom is 0.416 e. The highest BCUT2D eigenvalue weighted by molar-refractivity contribution is 6.27. The van der Waals surface area contributed by atoms with Crippen LogP contribution in [-0.2, 0) is 17.5 Å². The fourth-order valence-corrected chi connectivity index (χ4v) is 4.07. The van der Waals surface area contributed by atoms with Gasteiger partial charge in [-0.3, -0.25) is 4.79 Å². The van der Waals surface area contributed by atoms with Gasteiger partial charge in [-0.15, -0.1) is 0 Å². The number of aromatic nitrogens is 1. The molecule has 1 aliphatic rings. The molecule has 0 fully saturated rings. The lowest BCUT2D eigenvalue weighted by Gasteiger charge is -2.13. The van der Waals surface area contributed by atoms with Crippen LogP contribution in [0.15, 0.2) is 48.6 Å². The second kappa shape index (κ2) is 7.99. The molecular weight excluding hydrogens is 445 g/mol. The van der Waals surface area contributed by atoms with Crippen LogP contribution in [0.2, 0.25) is 0 Å². The number of benzene rings is 2. The van der Waals surface area contributed by atoms with Crippen molar-refractivity contribution in [2.24, 2.45) is 0 Å². The van der Waals surface area contributed by atoms with E-state index in [0.717, 1.165) is 28.8 Å². The van der Waals surface area contributed by atoms with Crippen molar-refractivity contribution in [3.63, 3.8) is 0 Å². The van der Waals surface area contributed by atoms with Crippen LogP contribution in [0.1, 0.15) is 39.2 Å². The molecule has 3 aromatic rings. The van der Waals surface area contributed by atoms with E-state index in [-0.39, 0.29) is 39.6 Å². The first-order chi connectivity index (χ1) is 15.5. The monoisotopic (exact) mass is 461 g/mol. The molecule has 1 N–H and O–H groups in total. The number of carbonyl (C=O) groups excluding carboxylic acids is 1. The number of aromatic carboxylic acids is 1. The molecule has 1 aromatic heterocycles. The van der Waals surface area contributed by atoms with E-state index in [1.165, 1.54) is 19.1 Å². The molecule has 170 valence electrons. The van der Waals surface area contributed by atoms with E-state index < -0.39 is 47.4 Å². The molecule has 4 rings (SSSR count). The molecule has 0 spiro atoms. The quantitative estimate of drug-likeness (QED) is 0.492. The van der Waals surface area contributed by atoms with Gasteiger partial charge in [0, 0.05) is 28.5 Å². The summed E-state index contributed by atoms with van der Waals surface area (Å²) in [6, 6.07) is 4.52. The third-order valence-electron chi connectivity index (χ3n) is 5.53. The first kappa shape index (κ1) is 22.4. The van der Waals surface area contributed by atoms with Crippen LogP contribution in [0.5, 0.6) is 0 Å². The number of ketones is 1. The van der Waals surface area contributed by atoms with Gasteiger partial charge in [0.2, 0.25) is 0 Å². The molecule has 2 aromatic carbocycles. The Bertz CT molecular complexity index is 1380. The highest BCUT2D eigenvalue weighted by atomic mass is 19.4. The van der Waals surface area contributed by atoms with E-state index in [4.69, 9.17) is 0 Å². The smallest absolute Gasteiger partial charge is 0.416 e. The van der Waals surface area contributed by atoms with Crippen LogP contribution < -0.4 is 0 Å². The van der Waals surface area contributed by atoms with E-state index in [9.17, 15) is 36.6 Å². The predicted molar refractivity (Wildman–Crippen MR) is 111 cm³/mol. The van der Waals surface area contributed by atoms with Crippen LogP contribution in [0.4, 0.5) is 22.0 Å². The lowest BCUT2D eigenvalue weighted by atomic mass is 9.92. The Kier molecular flexibility index (Phi) is 5.43. The largest absolute Gasteiger partial charge is 0.477 e. The number of nitrogens with zero attached hydrogens (tertiary/aromatic N) is 1. The van der Waals surface area contributed by atoms with E-state index in [1.54, 1.807) is 12.2 Å². The number of Topliss-reactive ketones (excluding diaryl/α,β-unsaturated/α-hetero) is 1. The Morgan fingerprint density at radius 2 is 1.88 bits per heavy atom. The number of carboxylic acid groups (broad SMARTS) is 1. The van der Waals surface area contributed by atoms with Gasteiger partial charge in [0.1, 0.15) is 17.3 Å². The van der Waals surface area contributed by atoms with Crippen LogP contribution in [0, 0.1) is 18.6 Å². The number of hydrogen-bond acceptors (Lipinski definition) is 2. The molecule has 0 aliphatic heterocycles. The number of hydrogen-bond donors (Lipinski definition) is 1. The Balaban J connectivity index is 2.12. The van der Waals surface area contributed by atoms with Gasteiger partial charge in [0.25, 0.3) is 0 Å². The third kappa shape index (κ3) is 3.94. The van der Waals surface area contributed by atoms with Crippen molar-refractivity contribution in [1.82, 2.24) is 4.57 Å². The van der Waals surface area contributed by atoms with Gasteiger partial charge in [-0.2, -0.15) is 13.2 Å². The Hall–Kier alpha value is -3.75.